The standard InChI is InChI=1S/C26H20N4O3/c1-18-8-12-21(13-9-18)25(31)30(28-17-19-10-14-22(32-2)15-11-19)26-23(16-27)29-24(33-26)20-6-4-3-5-7-20/h3-15,17H,1-2H3. The van der Waals surface area contributed by atoms with Gasteiger partial charge >= 0.3 is 0 Å². The first-order chi connectivity index (χ1) is 16.1. The Balaban J connectivity index is 1.77. The van der Waals surface area contributed by atoms with Gasteiger partial charge in [-0.1, -0.05) is 35.9 Å². The number of aromatic nitrogens is 1. The van der Waals surface area contributed by atoms with E-state index in [1.807, 2.05) is 55.5 Å². The molecular weight excluding hydrogens is 416 g/mol. The molecule has 0 saturated carbocycles. The van der Waals surface area contributed by atoms with Crippen LogP contribution in [-0.2, 0) is 0 Å². The van der Waals surface area contributed by atoms with Gasteiger partial charge < -0.3 is 9.15 Å². The summed E-state index contributed by atoms with van der Waals surface area (Å²) in [6, 6.07) is 25.4. The molecule has 0 aliphatic carbocycles. The Labute approximate surface area is 191 Å². The molecule has 0 atom stereocenters. The number of methoxy groups -OCH3 is 1. The molecule has 0 aliphatic heterocycles. The molecule has 3 aromatic carbocycles. The van der Waals surface area contributed by atoms with E-state index in [4.69, 9.17) is 9.15 Å². The van der Waals surface area contributed by atoms with Gasteiger partial charge in [0.25, 0.3) is 11.8 Å². The number of hydrogen-bond donors (Lipinski definition) is 0. The molecule has 0 spiro atoms. The van der Waals surface area contributed by atoms with Crippen LogP contribution >= 0.6 is 0 Å². The summed E-state index contributed by atoms with van der Waals surface area (Å²) in [5, 5.41) is 15.1. The Kier molecular flexibility index (Phi) is 6.28. The second-order valence-corrected chi connectivity index (χ2v) is 7.15. The average Bonchev–Trinajstić information content (AvgIpc) is 3.29. The number of nitriles is 1. The van der Waals surface area contributed by atoms with Gasteiger partial charge in [0.2, 0.25) is 11.6 Å². The molecule has 1 heterocycles. The van der Waals surface area contributed by atoms with Crippen molar-refractivity contribution in [2.45, 2.75) is 6.92 Å². The third kappa shape index (κ3) is 4.81. The lowest BCUT2D eigenvalue weighted by atomic mass is 10.1. The fourth-order valence-corrected chi connectivity index (χ4v) is 3.06. The second kappa shape index (κ2) is 9.62. The Morgan fingerprint density at radius 3 is 2.39 bits per heavy atom. The lowest BCUT2D eigenvalue weighted by Crippen LogP contribution is -2.26. The van der Waals surface area contributed by atoms with Crippen molar-refractivity contribution in [1.82, 2.24) is 4.98 Å². The van der Waals surface area contributed by atoms with Gasteiger partial charge in [0.05, 0.1) is 13.3 Å². The van der Waals surface area contributed by atoms with Crippen LogP contribution in [0.2, 0.25) is 0 Å². The minimum absolute atomic E-state index is 0.0406. The first kappa shape index (κ1) is 21.5. The second-order valence-electron chi connectivity index (χ2n) is 7.15. The van der Waals surface area contributed by atoms with Gasteiger partial charge in [0.15, 0.2) is 0 Å². The topological polar surface area (TPSA) is 91.7 Å². The number of amides is 1. The summed E-state index contributed by atoms with van der Waals surface area (Å²) in [4.78, 5) is 17.7. The zero-order valence-electron chi connectivity index (χ0n) is 18.1. The monoisotopic (exact) mass is 436 g/mol. The van der Waals surface area contributed by atoms with Crippen LogP contribution < -0.4 is 9.75 Å². The van der Waals surface area contributed by atoms with E-state index in [-0.39, 0.29) is 17.5 Å². The number of hydrazone groups is 1. The van der Waals surface area contributed by atoms with Crippen LogP contribution in [0.5, 0.6) is 5.75 Å². The van der Waals surface area contributed by atoms with Gasteiger partial charge in [-0.25, -0.2) is 0 Å². The number of carbonyl (C=O) groups excluding carboxylic acids is 1. The normalized spacial score (nSPS) is 10.7. The minimum Gasteiger partial charge on any atom is -0.497 e. The largest absolute Gasteiger partial charge is 0.497 e. The van der Waals surface area contributed by atoms with Gasteiger partial charge in [0, 0.05) is 11.1 Å². The molecular formula is C26H20N4O3. The maximum Gasteiger partial charge on any atom is 0.281 e. The molecule has 1 amide bonds. The van der Waals surface area contributed by atoms with Gasteiger partial charge in [-0.05, 0) is 61.0 Å². The maximum absolute atomic E-state index is 13.4. The van der Waals surface area contributed by atoms with E-state index in [1.165, 1.54) is 6.21 Å². The quantitative estimate of drug-likeness (QED) is 0.306. The van der Waals surface area contributed by atoms with Crippen LogP contribution in [0.1, 0.15) is 27.2 Å². The minimum atomic E-state index is -0.452. The molecule has 7 nitrogen and oxygen atoms in total. The summed E-state index contributed by atoms with van der Waals surface area (Å²) >= 11 is 0. The Morgan fingerprint density at radius 1 is 1.06 bits per heavy atom. The summed E-state index contributed by atoms with van der Waals surface area (Å²) in [5.74, 6) is 0.427. The highest BCUT2D eigenvalue weighted by Gasteiger charge is 2.26. The molecule has 162 valence electrons. The zero-order chi connectivity index (χ0) is 23.2. The molecule has 33 heavy (non-hydrogen) atoms. The SMILES string of the molecule is COc1ccc(C=NN(C(=O)c2ccc(C)cc2)c2oc(-c3ccccc3)nc2C#N)cc1. The van der Waals surface area contributed by atoms with Crippen molar-refractivity contribution in [2.75, 3.05) is 12.1 Å². The fourth-order valence-electron chi connectivity index (χ4n) is 3.06. The lowest BCUT2D eigenvalue weighted by molar-refractivity contribution is 0.0983. The number of nitrogens with zero attached hydrogens (tertiary/aromatic N) is 4. The van der Waals surface area contributed by atoms with Gasteiger partial charge in [0.1, 0.15) is 11.8 Å². The molecule has 4 aromatic rings. The maximum atomic E-state index is 13.4. The van der Waals surface area contributed by atoms with Crippen molar-refractivity contribution in [3.63, 3.8) is 0 Å². The number of hydrogen-bond acceptors (Lipinski definition) is 6. The highest BCUT2D eigenvalue weighted by atomic mass is 16.5. The van der Waals surface area contributed by atoms with E-state index < -0.39 is 5.91 Å². The van der Waals surface area contributed by atoms with Crippen LogP contribution in [0.4, 0.5) is 5.88 Å². The van der Waals surface area contributed by atoms with E-state index in [0.29, 0.717) is 16.9 Å². The summed E-state index contributed by atoms with van der Waals surface area (Å²) in [6.07, 6.45) is 1.51. The number of aryl methyl sites for hydroxylation is 1. The summed E-state index contributed by atoms with van der Waals surface area (Å²) in [7, 11) is 1.59. The Morgan fingerprint density at radius 2 is 1.76 bits per heavy atom. The van der Waals surface area contributed by atoms with Crippen molar-refractivity contribution in [3.05, 3.63) is 101 Å². The number of oxazole rings is 1. The molecule has 0 fully saturated rings. The van der Waals surface area contributed by atoms with Gasteiger partial charge in [-0.2, -0.15) is 20.4 Å². The predicted octanol–water partition coefficient (Wildman–Crippen LogP) is 5.21. The van der Waals surface area contributed by atoms with E-state index >= 15 is 0 Å². The average molecular weight is 436 g/mol. The number of carbonyl (C=O) groups is 1. The number of rotatable bonds is 6. The number of benzene rings is 3. The molecule has 0 radical (unpaired) electrons. The number of anilines is 1. The third-order valence-corrected chi connectivity index (χ3v) is 4.86. The first-order valence-electron chi connectivity index (χ1n) is 10.1. The molecule has 0 saturated heterocycles. The van der Waals surface area contributed by atoms with Crippen LogP contribution in [0.15, 0.2) is 88.4 Å². The highest BCUT2D eigenvalue weighted by molar-refractivity contribution is 6.06. The van der Waals surface area contributed by atoms with E-state index in [0.717, 1.165) is 16.1 Å². The molecule has 0 unspecified atom stereocenters. The van der Waals surface area contributed by atoms with Crippen LogP contribution in [-0.4, -0.2) is 24.2 Å². The molecule has 4 rings (SSSR count). The van der Waals surface area contributed by atoms with Crippen molar-refractivity contribution in [2.24, 2.45) is 5.10 Å². The smallest absolute Gasteiger partial charge is 0.281 e. The van der Waals surface area contributed by atoms with E-state index in [1.54, 1.807) is 43.5 Å². The van der Waals surface area contributed by atoms with Crippen LogP contribution in [0.25, 0.3) is 11.5 Å². The third-order valence-electron chi connectivity index (χ3n) is 4.86. The predicted molar refractivity (Wildman–Crippen MR) is 125 cm³/mol. The molecule has 0 aliphatic rings. The molecule has 1 aromatic heterocycles. The molecule has 7 heteroatoms. The summed E-state index contributed by atoms with van der Waals surface area (Å²) in [5.41, 5.74) is 2.79. The van der Waals surface area contributed by atoms with Crippen molar-refractivity contribution in [3.8, 4) is 23.3 Å². The van der Waals surface area contributed by atoms with E-state index in [9.17, 15) is 10.1 Å². The molecule has 0 bridgehead atoms. The molecule has 0 N–H and O–H groups in total. The van der Waals surface area contributed by atoms with Crippen molar-refractivity contribution < 1.29 is 13.9 Å². The highest BCUT2D eigenvalue weighted by Crippen LogP contribution is 2.29. The van der Waals surface area contributed by atoms with Crippen molar-refractivity contribution in [1.29, 1.82) is 5.26 Å². The van der Waals surface area contributed by atoms with Crippen LogP contribution in [0.3, 0.4) is 0 Å². The summed E-state index contributed by atoms with van der Waals surface area (Å²) < 4.78 is 11.1. The zero-order valence-corrected chi connectivity index (χ0v) is 18.1. The van der Waals surface area contributed by atoms with Crippen LogP contribution in [0, 0.1) is 18.3 Å². The Hall–Kier alpha value is -4.70. The number of ether oxygens (including phenoxy) is 1. The summed E-state index contributed by atoms with van der Waals surface area (Å²) in [6.45, 7) is 1.93. The van der Waals surface area contributed by atoms with Crippen molar-refractivity contribution >= 4 is 18.0 Å². The fraction of sp³-hybridized carbons (Fsp3) is 0.0769. The van der Waals surface area contributed by atoms with Gasteiger partial charge in [-0.15, -0.1) is 0 Å². The van der Waals surface area contributed by atoms with E-state index in [2.05, 4.69) is 10.1 Å². The lowest BCUT2D eigenvalue weighted by Gasteiger charge is -2.14. The van der Waals surface area contributed by atoms with Gasteiger partial charge in [-0.3, -0.25) is 4.79 Å². The first-order valence-corrected chi connectivity index (χ1v) is 10.1. The Bertz CT molecular complexity index is 1320.